The first-order valence-corrected chi connectivity index (χ1v) is 9.72. The van der Waals surface area contributed by atoms with Crippen LogP contribution in [0.15, 0.2) is 60.9 Å². The summed E-state index contributed by atoms with van der Waals surface area (Å²) in [7, 11) is 3.95. The lowest BCUT2D eigenvalue weighted by atomic mass is 10.1. The van der Waals surface area contributed by atoms with E-state index >= 15 is 0 Å². The first-order valence-electron chi connectivity index (χ1n) is 9.72. The minimum absolute atomic E-state index is 0.351. The van der Waals surface area contributed by atoms with Gasteiger partial charge in [0.15, 0.2) is 0 Å². The normalized spacial score (nSPS) is 12.0. The predicted molar refractivity (Wildman–Crippen MR) is 113 cm³/mol. The number of benzene rings is 2. The van der Waals surface area contributed by atoms with Gasteiger partial charge in [-0.15, -0.1) is 0 Å². The van der Waals surface area contributed by atoms with Crippen molar-refractivity contribution in [1.82, 2.24) is 14.9 Å². The zero-order valence-electron chi connectivity index (χ0n) is 16.4. The molecule has 2 aromatic carbocycles. The molecule has 0 saturated heterocycles. The maximum absolute atomic E-state index is 6.01. The van der Waals surface area contributed by atoms with Crippen LogP contribution in [0.2, 0.25) is 0 Å². The van der Waals surface area contributed by atoms with Gasteiger partial charge >= 0.3 is 0 Å². The third kappa shape index (κ3) is 4.12. The highest BCUT2D eigenvalue weighted by molar-refractivity contribution is 5.83. The van der Waals surface area contributed by atoms with Crippen molar-refractivity contribution in [2.24, 2.45) is 0 Å². The Bertz CT molecular complexity index is 954. The number of nitrogens with zero attached hydrogens (tertiary/aromatic N) is 1. The molecule has 4 rings (SSSR count). The van der Waals surface area contributed by atoms with Gasteiger partial charge < -0.3 is 19.4 Å². The molecule has 2 heterocycles. The molecule has 146 valence electrons. The van der Waals surface area contributed by atoms with Crippen molar-refractivity contribution in [3.8, 4) is 0 Å². The van der Waals surface area contributed by atoms with Crippen LogP contribution >= 0.6 is 0 Å². The summed E-state index contributed by atoms with van der Waals surface area (Å²) in [6.07, 6.45) is 5.48. The van der Waals surface area contributed by atoms with Gasteiger partial charge in [0.05, 0.1) is 13.2 Å². The molecule has 5 heteroatoms. The van der Waals surface area contributed by atoms with Crippen LogP contribution in [0.4, 0.5) is 0 Å². The zero-order valence-corrected chi connectivity index (χ0v) is 16.4. The predicted octanol–water partition coefficient (Wildman–Crippen LogP) is 4.31. The maximum Gasteiger partial charge on any atom is 0.218 e. The summed E-state index contributed by atoms with van der Waals surface area (Å²) in [4.78, 5) is 8.59. The quantitative estimate of drug-likeness (QED) is 0.427. The highest BCUT2D eigenvalue weighted by atomic mass is 16.7. The van der Waals surface area contributed by atoms with Crippen molar-refractivity contribution in [2.45, 2.75) is 19.3 Å². The first-order chi connectivity index (χ1) is 13.7. The summed E-state index contributed by atoms with van der Waals surface area (Å²) in [6.45, 7) is 1.22. The van der Waals surface area contributed by atoms with Crippen LogP contribution in [0.3, 0.4) is 0 Å². The van der Waals surface area contributed by atoms with Crippen molar-refractivity contribution in [3.63, 3.8) is 0 Å². The van der Waals surface area contributed by atoms with Crippen molar-refractivity contribution in [3.05, 3.63) is 72.1 Å². The second-order valence-corrected chi connectivity index (χ2v) is 7.23. The third-order valence-electron chi connectivity index (χ3n) is 5.04. The van der Waals surface area contributed by atoms with E-state index in [2.05, 4.69) is 58.8 Å². The average Bonchev–Trinajstić information content (AvgIpc) is 3.31. The lowest BCUT2D eigenvalue weighted by Gasteiger charge is -2.24. The van der Waals surface area contributed by atoms with E-state index in [1.54, 1.807) is 0 Å². The van der Waals surface area contributed by atoms with E-state index < -0.39 is 0 Å². The summed E-state index contributed by atoms with van der Waals surface area (Å²) < 4.78 is 12.0. The summed E-state index contributed by atoms with van der Waals surface area (Å²) in [5.41, 5.74) is 4.87. The van der Waals surface area contributed by atoms with Crippen molar-refractivity contribution >= 4 is 21.8 Å². The Balaban J connectivity index is 1.29. The van der Waals surface area contributed by atoms with E-state index in [4.69, 9.17) is 9.47 Å². The van der Waals surface area contributed by atoms with E-state index in [0.717, 1.165) is 23.9 Å². The van der Waals surface area contributed by atoms with Crippen LogP contribution in [0, 0.1) is 0 Å². The van der Waals surface area contributed by atoms with Crippen molar-refractivity contribution in [1.29, 1.82) is 0 Å². The SMILES string of the molecule is CN(C)C(OCCc1c[nH]c2ccccc12)OCCc1c[nH]c2ccccc12. The van der Waals surface area contributed by atoms with E-state index in [1.165, 1.54) is 21.9 Å². The highest BCUT2D eigenvalue weighted by Crippen LogP contribution is 2.19. The Morgan fingerprint density at radius 2 is 1.21 bits per heavy atom. The summed E-state index contributed by atoms with van der Waals surface area (Å²) >= 11 is 0. The average molecular weight is 377 g/mol. The van der Waals surface area contributed by atoms with Gasteiger partial charge in [-0.25, -0.2) is 0 Å². The summed E-state index contributed by atoms with van der Waals surface area (Å²) in [5, 5.41) is 2.51. The number of nitrogens with one attached hydrogen (secondary N) is 2. The number of rotatable bonds is 9. The van der Waals surface area contributed by atoms with E-state index in [9.17, 15) is 0 Å². The van der Waals surface area contributed by atoms with Gasteiger partial charge in [0.1, 0.15) is 0 Å². The van der Waals surface area contributed by atoms with E-state index in [1.807, 2.05) is 31.1 Å². The third-order valence-corrected chi connectivity index (χ3v) is 5.04. The van der Waals surface area contributed by atoms with Gasteiger partial charge in [-0.2, -0.15) is 0 Å². The smallest absolute Gasteiger partial charge is 0.218 e. The number of fused-ring (bicyclic) bond motifs is 2. The summed E-state index contributed by atoms with van der Waals surface area (Å²) in [5.74, 6) is 0. The van der Waals surface area contributed by atoms with Gasteiger partial charge in [-0.1, -0.05) is 36.4 Å². The van der Waals surface area contributed by atoms with E-state index in [-0.39, 0.29) is 6.41 Å². The van der Waals surface area contributed by atoms with Crippen LogP contribution in [-0.4, -0.2) is 48.6 Å². The molecule has 0 fully saturated rings. The molecule has 0 aliphatic carbocycles. The second-order valence-electron chi connectivity index (χ2n) is 7.23. The fraction of sp³-hybridized carbons (Fsp3) is 0.304. The van der Waals surface area contributed by atoms with Crippen molar-refractivity contribution in [2.75, 3.05) is 27.3 Å². The molecule has 5 nitrogen and oxygen atoms in total. The number of aromatic nitrogens is 2. The molecule has 0 unspecified atom stereocenters. The molecule has 2 N–H and O–H groups in total. The van der Waals surface area contributed by atoms with Gasteiger partial charge in [0.2, 0.25) is 6.41 Å². The Labute approximate surface area is 165 Å². The highest BCUT2D eigenvalue weighted by Gasteiger charge is 2.13. The molecule has 4 aromatic rings. The molecule has 0 atom stereocenters. The fourth-order valence-corrected chi connectivity index (χ4v) is 3.56. The fourth-order valence-electron chi connectivity index (χ4n) is 3.56. The molecule has 0 amide bonds. The zero-order chi connectivity index (χ0) is 19.3. The minimum atomic E-state index is -0.351. The number of ether oxygens (including phenoxy) is 2. The molecular weight excluding hydrogens is 350 g/mol. The minimum Gasteiger partial charge on any atom is -0.361 e. The molecule has 0 bridgehead atoms. The Morgan fingerprint density at radius 3 is 1.68 bits per heavy atom. The second kappa shape index (κ2) is 8.61. The first kappa shape index (κ1) is 18.7. The lowest BCUT2D eigenvalue weighted by Crippen LogP contribution is -2.34. The molecule has 28 heavy (non-hydrogen) atoms. The number of hydrogen-bond donors (Lipinski definition) is 2. The molecule has 2 aromatic heterocycles. The van der Waals surface area contributed by atoms with Crippen LogP contribution < -0.4 is 0 Å². The lowest BCUT2D eigenvalue weighted by molar-refractivity contribution is -0.210. The van der Waals surface area contributed by atoms with Crippen LogP contribution in [0.5, 0.6) is 0 Å². The van der Waals surface area contributed by atoms with Crippen LogP contribution in [0.1, 0.15) is 11.1 Å². The molecule has 0 spiro atoms. The van der Waals surface area contributed by atoms with E-state index in [0.29, 0.717) is 13.2 Å². The van der Waals surface area contributed by atoms with Gasteiger partial charge in [0, 0.05) is 34.2 Å². The van der Waals surface area contributed by atoms with Gasteiger partial charge in [-0.3, -0.25) is 4.90 Å². The molecular formula is C23H27N3O2. The number of H-pyrrole nitrogens is 2. The summed E-state index contributed by atoms with van der Waals surface area (Å²) in [6, 6.07) is 16.7. The standard InChI is InChI=1S/C23H27N3O2/c1-26(2)23(27-13-11-17-15-24-21-9-5-3-7-19(17)21)28-14-12-18-16-25-22-10-6-4-8-20(18)22/h3-10,15-16,23-25H,11-14H2,1-2H3. The maximum atomic E-state index is 6.01. The van der Waals surface area contributed by atoms with Crippen LogP contribution in [-0.2, 0) is 22.3 Å². The molecule has 0 radical (unpaired) electrons. The van der Waals surface area contributed by atoms with Gasteiger partial charge in [0.25, 0.3) is 0 Å². The topological polar surface area (TPSA) is 53.3 Å². The Kier molecular flexibility index (Phi) is 5.76. The number of para-hydroxylation sites is 2. The largest absolute Gasteiger partial charge is 0.361 e. The van der Waals surface area contributed by atoms with Crippen LogP contribution in [0.25, 0.3) is 21.8 Å². The monoisotopic (exact) mass is 377 g/mol. The molecule has 0 aliphatic heterocycles. The number of hydrogen-bond acceptors (Lipinski definition) is 3. The number of aromatic amines is 2. The molecule has 0 saturated carbocycles. The van der Waals surface area contributed by atoms with Gasteiger partial charge in [-0.05, 0) is 50.2 Å². The Hall–Kier alpha value is -2.60. The molecule has 0 aliphatic rings. The Morgan fingerprint density at radius 1 is 0.750 bits per heavy atom. The van der Waals surface area contributed by atoms with Crippen molar-refractivity contribution < 1.29 is 9.47 Å².